The molecule has 0 atom stereocenters. The molecular formula is C10H9Cl2N7. The first-order chi connectivity index (χ1) is 9.15. The Labute approximate surface area is 118 Å². The number of tetrazole rings is 1. The molecular weight excluding hydrogens is 289 g/mol. The fourth-order valence-electron chi connectivity index (χ4n) is 1.68. The molecule has 0 saturated carbocycles. The highest BCUT2D eigenvalue weighted by Gasteiger charge is 2.09. The summed E-state index contributed by atoms with van der Waals surface area (Å²) in [5.74, 6) is 0.660. The topological polar surface area (TPSA) is 72.9 Å². The molecule has 0 aliphatic carbocycles. The van der Waals surface area contributed by atoms with E-state index in [1.165, 1.54) is 4.63 Å². The van der Waals surface area contributed by atoms with Crippen molar-refractivity contribution in [2.24, 2.45) is 7.05 Å². The van der Waals surface area contributed by atoms with Crippen molar-refractivity contribution in [2.45, 2.75) is 6.54 Å². The highest BCUT2D eigenvalue weighted by Crippen LogP contribution is 2.25. The SMILES string of the molecule is Cn1c(CNc2ccc3nnnn3n2)cc(Cl)c1Cl. The van der Waals surface area contributed by atoms with Crippen LogP contribution in [-0.2, 0) is 13.6 Å². The van der Waals surface area contributed by atoms with Crippen molar-refractivity contribution in [3.05, 3.63) is 34.1 Å². The zero-order valence-corrected chi connectivity index (χ0v) is 11.4. The Kier molecular flexibility index (Phi) is 3.00. The van der Waals surface area contributed by atoms with Crippen molar-refractivity contribution in [3.63, 3.8) is 0 Å². The Balaban J connectivity index is 1.79. The Morgan fingerprint density at radius 3 is 2.89 bits per heavy atom. The second-order valence-corrected chi connectivity index (χ2v) is 4.70. The van der Waals surface area contributed by atoms with Crippen LogP contribution in [-0.4, -0.2) is 29.8 Å². The zero-order valence-electron chi connectivity index (χ0n) is 9.88. The largest absolute Gasteiger partial charge is 0.363 e. The van der Waals surface area contributed by atoms with Crippen LogP contribution in [0, 0.1) is 0 Å². The van der Waals surface area contributed by atoms with Gasteiger partial charge in [0.15, 0.2) is 5.65 Å². The van der Waals surface area contributed by atoms with Crippen LogP contribution in [0.1, 0.15) is 5.69 Å². The van der Waals surface area contributed by atoms with Crippen molar-refractivity contribution in [2.75, 3.05) is 5.32 Å². The monoisotopic (exact) mass is 297 g/mol. The Bertz CT molecular complexity index is 733. The molecule has 0 radical (unpaired) electrons. The van der Waals surface area contributed by atoms with Crippen molar-refractivity contribution >= 4 is 34.7 Å². The molecule has 3 rings (SSSR count). The fraction of sp³-hybridized carbons (Fsp3) is 0.200. The average molecular weight is 298 g/mol. The van der Waals surface area contributed by atoms with E-state index in [0.29, 0.717) is 28.2 Å². The number of hydrogen-bond acceptors (Lipinski definition) is 5. The first kappa shape index (κ1) is 12.2. The number of anilines is 1. The number of nitrogens with one attached hydrogen (secondary N) is 1. The summed E-state index contributed by atoms with van der Waals surface area (Å²) in [5.41, 5.74) is 1.55. The van der Waals surface area contributed by atoms with Crippen LogP contribution < -0.4 is 5.32 Å². The van der Waals surface area contributed by atoms with Crippen LogP contribution >= 0.6 is 23.2 Å². The number of aromatic nitrogens is 6. The number of nitrogens with zero attached hydrogens (tertiary/aromatic N) is 6. The second kappa shape index (κ2) is 4.67. The third kappa shape index (κ3) is 2.22. The molecule has 9 heteroatoms. The first-order valence-electron chi connectivity index (χ1n) is 5.44. The molecule has 0 spiro atoms. The lowest BCUT2D eigenvalue weighted by molar-refractivity contribution is 0.732. The Hall–Kier alpha value is -1.86. The molecule has 0 aliphatic rings. The molecule has 0 amide bonds. The third-order valence-electron chi connectivity index (χ3n) is 2.74. The fourth-order valence-corrected chi connectivity index (χ4v) is 2.10. The number of hydrogen-bond donors (Lipinski definition) is 1. The normalized spacial score (nSPS) is 11.1. The van der Waals surface area contributed by atoms with Gasteiger partial charge in [0.05, 0.1) is 11.6 Å². The molecule has 98 valence electrons. The standard InChI is InChI=1S/C10H9Cl2N7/c1-18-6(4-7(11)10(18)12)5-13-8-2-3-9-14-16-17-19(9)15-8/h2-4H,5H2,1H3,(H,13,15). The Morgan fingerprint density at radius 2 is 2.16 bits per heavy atom. The van der Waals surface area contributed by atoms with Gasteiger partial charge < -0.3 is 9.88 Å². The van der Waals surface area contributed by atoms with Crippen LogP contribution in [0.4, 0.5) is 5.82 Å². The third-order valence-corrected chi connectivity index (χ3v) is 3.58. The maximum absolute atomic E-state index is 6.00. The van der Waals surface area contributed by atoms with Gasteiger partial charge >= 0.3 is 0 Å². The van der Waals surface area contributed by atoms with E-state index in [4.69, 9.17) is 23.2 Å². The molecule has 3 heterocycles. The molecule has 19 heavy (non-hydrogen) atoms. The van der Waals surface area contributed by atoms with Crippen LogP contribution in [0.15, 0.2) is 18.2 Å². The van der Waals surface area contributed by atoms with Gasteiger partial charge in [-0.25, -0.2) is 0 Å². The van der Waals surface area contributed by atoms with Gasteiger partial charge in [0, 0.05) is 12.7 Å². The highest BCUT2D eigenvalue weighted by molar-refractivity contribution is 6.41. The van der Waals surface area contributed by atoms with Crippen LogP contribution in [0.2, 0.25) is 10.2 Å². The molecule has 0 unspecified atom stereocenters. The number of fused-ring (bicyclic) bond motifs is 1. The minimum absolute atomic E-state index is 0.516. The predicted molar refractivity (Wildman–Crippen MR) is 71.3 cm³/mol. The van der Waals surface area contributed by atoms with Gasteiger partial charge in [0.1, 0.15) is 11.0 Å². The van der Waals surface area contributed by atoms with Crippen LogP contribution in [0.25, 0.3) is 5.65 Å². The summed E-state index contributed by atoms with van der Waals surface area (Å²) < 4.78 is 3.17. The maximum atomic E-state index is 6.00. The van der Waals surface area contributed by atoms with Crippen molar-refractivity contribution < 1.29 is 0 Å². The predicted octanol–water partition coefficient (Wildman–Crippen LogP) is 1.78. The van der Waals surface area contributed by atoms with E-state index in [1.54, 1.807) is 12.1 Å². The van der Waals surface area contributed by atoms with Crippen molar-refractivity contribution in [1.29, 1.82) is 0 Å². The molecule has 0 aromatic carbocycles. The van der Waals surface area contributed by atoms with Crippen LogP contribution in [0.5, 0.6) is 0 Å². The summed E-state index contributed by atoms with van der Waals surface area (Å²) in [6, 6.07) is 5.39. The minimum Gasteiger partial charge on any atom is -0.363 e. The second-order valence-electron chi connectivity index (χ2n) is 3.93. The molecule has 3 aromatic heterocycles. The van der Waals surface area contributed by atoms with Gasteiger partial charge in [-0.15, -0.1) is 14.8 Å². The molecule has 3 aromatic rings. The van der Waals surface area contributed by atoms with E-state index < -0.39 is 0 Å². The van der Waals surface area contributed by atoms with E-state index in [9.17, 15) is 0 Å². The molecule has 0 bridgehead atoms. The smallest absolute Gasteiger partial charge is 0.200 e. The average Bonchev–Trinajstić information content (AvgIpc) is 2.96. The molecule has 7 nitrogen and oxygen atoms in total. The summed E-state index contributed by atoms with van der Waals surface area (Å²) in [7, 11) is 1.85. The molecule has 0 fully saturated rings. The van der Waals surface area contributed by atoms with Crippen LogP contribution in [0.3, 0.4) is 0 Å². The summed E-state index contributed by atoms with van der Waals surface area (Å²) in [5, 5.41) is 19.4. The van der Waals surface area contributed by atoms with E-state index in [0.717, 1.165) is 5.69 Å². The number of halogens is 2. The van der Waals surface area contributed by atoms with E-state index in [2.05, 4.69) is 25.9 Å². The van der Waals surface area contributed by atoms with Gasteiger partial charge in [-0.3, -0.25) is 0 Å². The molecule has 1 N–H and O–H groups in total. The van der Waals surface area contributed by atoms with E-state index in [1.807, 2.05) is 17.7 Å². The summed E-state index contributed by atoms with van der Waals surface area (Å²) >= 11 is 12.0. The van der Waals surface area contributed by atoms with Gasteiger partial charge in [0.2, 0.25) is 0 Å². The quantitative estimate of drug-likeness (QED) is 0.798. The lowest BCUT2D eigenvalue weighted by atomic mass is 10.4. The van der Waals surface area contributed by atoms with Crippen molar-refractivity contribution in [3.8, 4) is 0 Å². The van der Waals surface area contributed by atoms with E-state index in [-0.39, 0.29) is 0 Å². The number of rotatable bonds is 3. The van der Waals surface area contributed by atoms with E-state index >= 15 is 0 Å². The highest BCUT2D eigenvalue weighted by atomic mass is 35.5. The first-order valence-corrected chi connectivity index (χ1v) is 6.19. The van der Waals surface area contributed by atoms with Gasteiger partial charge in [0.25, 0.3) is 0 Å². The Morgan fingerprint density at radius 1 is 1.32 bits per heavy atom. The van der Waals surface area contributed by atoms with Gasteiger partial charge in [-0.1, -0.05) is 23.2 Å². The minimum atomic E-state index is 0.516. The van der Waals surface area contributed by atoms with Crippen molar-refractivity contribution in [1.82, 2.24) is 29.8 Å². The molecule has 0 saturated heterocycles. The van der Waals surface area contributed by atoms with Gasteiger partial charge in [-0.2, -0.15) is 0 Å². The molecule has 0 aliphatic heterocycles. The summed E-state index contributed by atoms with van der Waals surface area (Å²) in [6.45, 7) is 0.545. The summed E-state index contributed by atoms with van der Waals surface area (Å²) in [4.78, 5) is 0. The zero-order chi connectivity index (χ0) is 13.4. The lowest BCUT2D eigenvalue weighted by Gasteiger charge is -2.06. The van der Waals surface area contributed by atoms with Gasteiger partial charge in [-0.05, 0) is 28.6 Å². The lowest BCUT2D eigenvalue weighted by Crippen LogP contribution is -2.07. The maximum Gasteiger partial charge on any atom is 0.200 e. The summed E-state index contributed by atoms with van der Waals surface area (Å²) in [6.07, 6.45) is 0.